The molecule has 0 bridgehead atoms. The topological polar surface area (TPSA) is 85.5 Å². The van der Waals surface area contributed by atoms with Gasteiger partial charge in [0.1, 0.15) is 16.8 Å². The average Bonchev–Trinajstić information content (AvgIpc) is 3.35. The molecule has 0 N–H and O–H groups in total. The Morgan fingerprint density at radius 1 is 1.17 bits per heavy atom. The molecule has 144 valence electrons. The number of fused-ring (bicyclic) bond motifs is 2. The van der Waals surface area contributed by atoms with Crippen LogP contribution in [0.4, 0.5) is 5.13 Å². The second-order valence-electron chi connectivity index (χ2n) is 6.39. The van der Waals surface area contributed by atoms with Crippen LogP contribution in [0.25, 0.3) is 11.0 Å². The maximum absolute atomic E-state index is 13.4. The summed E-state index contributed by atoms with van der Waals surface area (Å²) in [6.45, 7) is 0. The second-order valence-corrected chi connectivity index (χ2v) is 7.63. The zero-order valence-electron chi connectivity index (χ0n) is 15.0. The van der Waals surface area contributed by atoms with Crippen molar-refractivity contribution in [1.29, 1.82) is 0 Å². The monoisotopic (exact) mass is 425 g/mol. The van der Waals surface area contributed by atoms with Crippen molar-refractivity contribution < 1.29 is 13.9 Å². The van der Waals surface area contributed by atoms with Gasteiger partial charge in [0.05, 0.1) is 24.1 Å². The second kappa shape index (κ2) is 6.68. The molecule has 0 fully saturated rings. The Labute approximate surface area is 173 Å². The summed E-state index contributed by atoms with van der Waals surface area (Å²) < 4.78 is 11.1. The summed E-state index contributed by atoms with van der Waals surface area (Å²) in [5.74, 6) is 0.227. The van der Waals surface area contributed by atoms with E-state index in [-0.39, 0.29) is 16.8 Å². The Bertz CT molecular complexity index is 1300. The molecule has 2 aromatic carbocycles. The molecule has 3 heterocycles. The number of anilines is 1. The molecule has 0 aliphatic carbocycles. The van der Waals surface area contributed by atoms with Gasteiger partial charge in [-0.3, -0.25) is 14.5 Å². The minimum absolute atomic E-state index is 0.000778. The van der Waals surface area contributed by atoms with E-state index < -0.39 is 11.9 Å². The van der Waals surface area contributed by atoms with E-state index in [1.165, 1.54) is 21.7 Å². The van der Waals surface area contributed by atoms with Gasteiger partial charge in [0, 0.05) is 5.02 Å². The van der Waals surface area contributed by atoms with Crippen LogP contribution < -0.4 is 15.1 Å². The van der Waals surface area contributed by atoms with Gasteiger partial charge < -0.3 is 9.15 Å². The third kappa shape index (κ3) is 2.72. The third-order valence-electron chi connectivity index (χ3n) is 4.82. The molecule has 1 amide bonds. The fourth-order valence-corrected chi connectivity index (χ4v) is 4.27. The van der Waals surface area contributed by atoms with Gasteiger partial charge in [-0.25, -0.2) is 0 Å². The zero-order valence-corrected chi connectivity index (χ0v) is 16.5. The van der Waals surface area contributed by atoms with Crippen molar-refractivity contribution in [3.05, 3.63) is 80.1 Å². The number of aromatic nitrogens is 2. The standard InChI is InChI=1S/C20H12ClN3O4S/c1-27-12-5-2-10(3-6-12)16-15-17(25)13-8-11(21)4-7-14(13)28-18(15)19(26)24(16)20-23-22-9-29-20/h2-9,16H,1H3/t16-/m1/s1. The minimum atomic E-state index is -0.698. The third-order valence-corrected chi connectivity index (χ3v) is 5.74. The molecular formula is C20H12ClN3O4S. The smallest absolute Gasteiger partial charge is 0.297 e. The van der Waals surface area contributed by atoms with Gasteiger partial charge >= 0.3 is 0 Å². The van der Waals surface area contributed by atoms with Crippen LogP contribution in [0.1, 0.15) is 27.7 Å². The van der Waals surface area contributed by atoms with Crippen LogP contribution in [0.3, 0.4) is 0 Å². The number of rotatable bonds is 3. The largest absolute Gasteiger partial charge is 0.497 e. The number of carbonyl (C=O) groups is 1. The molecule has 0 saturated heterocycles. The van der Waals surface area contributed by atoms with E-state index in [4.69, 9.17) is 20.8 Å². The molecule has 0 spiro atoms. The van der Waals surface area contributed by atoms with Crippen LogP contribution in [0.15, 0.2) is 57.2 Å². The number of methoxy groups -OCH3 is 1. The Kier molecular flexibility index (Phi) is 4.11. The molecule has 1 atom stereocenters. The number of nitrogens with zero attached hydrogens (tertiary/aromatic N) is 3. The first-order chi connectivity index (χ1) is 14.1. The number of ether oxygens (including phenoxy) is 1. The normalized spacial score (nSPS) is 15.7. The van der Waals surface area contributed by atoms with Crippen LogP contribution in [0, 0.1) is 0 Å². The van der Waals surface area contributed by atoms with Crippen LogP contribution in [0.2, 0.25) is 5.02 Å². The summed E-state index contributed by atoms with van der Waals surface area (Å²) in [7, 11) is 1.57. The van der Waals surface area contributed by atoms with E-state index in [0.29, 0.717) is 26.9 Å². The highest BCUT2D eigenvalue weighted by Gasteiger charge is 2.44. The first-order valence-corrected chi connectivity index (χ1v) is 9.84. The van der Waals surface area contributed by atoms with E-state index >= 15 is 0 Å². The Hall–Kier alpha value is -3.23. The van der Waals surface area contributed by atoms with Crippen molar-refractivity contribution in [2.45, 2.75) is 6.04 Å². The Morgan fingerprint density at radius 2 is 1.97 bits per heavy atom. The molecular weight excluding hydrogens is 414 g/mol. The molecule has 4 aromatic rings. The lowest BCUT2D eigenvalue weighted by atomic mass is 9.98. The highest BCUT2D eigenvalue weighted by atomic mass is 35.5. The highest BCUT2D eigenvalue weighted by molar-refractivity contribution is 7.13. The molecule has 7 nitrogen and oxygen atoms in total. The minimum Gasteiger partial charge on any atom is -0.497 e. The highest BCUT2D eigenvalue weighted by Crippen LogP contribution is 2.41. The fourth-order valence-electron chi connectivity index (χ4n) is 3.52. The molecule has 1 aliphatic heterocycles. The van der Waals surface area contributed by atoms with E-state index in [9.17, 15) is 9.59 Å². The number of hydrogen-bond acceptors (Lipinski definition) is 7. The molecule has 9 heteroatoms. The van der Waals surface area contributed by atoms with Crippen molar-refractivity contribution in [2.24, 2.45) is 0 Å². The molecule has 0 unspecified atom stereocenters. The van der Waals surface area contributed by atoms with Gasteiger partial charge in [-0.15, -0.1) is 10.2 Å². The summed E-state index contributed by atoms with van der Waals surface area (Å²) in [5.41, 5.74) is 2.51. The lowest BCUT2D eigenvalue weighted by Crippen LogP contribution is -2.29. The summed E-state index contributed by atoms with van der Waals surface area (Å²) in [6.07, 6.45) is 0. The van der Waals surface area contributed by atoms with Gasteiger partial charge in [-0.1, -0.05) is 35.1 Å². The fraction of sp³-hybridized carbons (Fsp3) is 0.100. The van der Waals surface area contributed by atoms with Crippen molar-refractivity contribution in [1.82, 2.24) is 10.2 Å². The van der Waals surface area contributed by atoms with E-state index in [2.05, 4.69) is 10.2 Å². The maximum Gasteiger partial charge on any atom is 0.297 e. The van der Waals surface area contributed by atoms with Gasteiger partial charge in [0.15, 0.2) is 5.43 Å². The number of carbonyl (C=O) groups excluding carboxylic acids is 1. The number of hydrogen-bond donors (Lipinski definition) is 0. The molecule has 5 rings (SSSR count). The summed E-state index contributed by atoms with van der Waals surface area (Å²) in [4.78, 5) is 28.1. The van der Waals surface area contributed by atoms with E-state index in [0.717, 1.165) is 5.56 Å². The average molecular weight is 426 g/mol. The number of benzene rings is 2. The van der Waals surface area contributed by atoms with Crippen molar-refractivity contribution >= 4 is 44.9 Å². The quantitative estimate of drug-likeness (QED) is 0.492. The predicted molar refractivity (Wildman–Crippen MR) is 109 cm³/mol. The summed E-state index contributed by atoms with van der Waals surface area (Å²) in [6, 6.07) is 11.2. The van der Waals surface area contributed by atoms with Crippen molar-refractivity contribution in [3.63, 3.8) is 0 Å². The first kappa shape index (κ1) is 17.8. The predicted octanol–water partition coefficient (Wildman–Crippen LogP) is 4.06. The summed E-state index contributed by atoms with van der Waals surface area (Å²) in [5, 5.41) is 8.99. The lowest BCUT2D eigenvalue weighted by Gasteiger charge is -2.22. The number of amides is 1. The van der Waals surface area contributed by atoms with Gasteiger partial charge in [0.25, 0.3) is 5.91 Å². The zero-order chi connectivity index (χ0) is 20.1. The van der Waals surface area contributed by atoms with Crippen LogP contribution in [0.5, 0.6) is 5.75 Å². The molecule has 2 aromatic heterocycles. The molecule has 1 aliphatic rings. The lowest BCUT2D eigenvalue weighted by molar-refractivity contribution is 0.0970. The molecule has 0 saturated carbocycles. The molecule has 0 radical (unpaired) electrons. The molecule has 29 heavy (non-hydrogen) atoms. The number of halogens is 1. The maximum atomic E-state index is 13.4. The SMILES string of the molecule is COc1ccc([C@@H]2c3c(oc4ccc(Cl)cc4c3=O)C(=O)N2c2nncs2)cc1. The van der Waals surface area contributed by atoms with E-state index in [1.54, 1.807) is 37.4 Å². The van der Waals surface area contributed by atoms with Crippen LogP contribution >= 0.6 is 22.9 Å². The van der Waals surface area contributed by atoms with Crippen molar-refractivity contribution in [3.8, 4) is 5.75 Å². The Morgan fingerprint density at radius 3 is 2.66 bits per heavy atom. The summed E-state index contributed by atoms with van der Waals surface area (Å²) >= 11 is 7.29. The van der Waals surface area contributed by atoms with Crippen LogP contribution in [-0.4, -0.2) is 23.2 Å². The van der Waals surface area contributed by atoms with Gasteiger partial charge in [0.2, 0.25) is 10.9 Å². The van der Waals surface area contributed by atoms with Gasteiger partial charge in [-0.05, 0) is 35.9 Å². The Balaban J connectivity index is 1.80. The van der Waals surface area contributed by atoms with E-state index in [1.807, 2.05) is 12.1 Å². The van der Waals surface area contributed by atoms with Crippen LogP contribution in [-0.2, 0) is 0 Å². The first-order valence-electron chi connectivity index (χ1n) is 8.58. The van der Waals surface area contributed by atoms with Gasteiger partial charge in [-0.2, -0.15) is 0 Å². The van der Waals surface area contributed by atoms with Crippen molar-refractivity contribution in [2.75, 3.05) is 12.0 Å².